The Kier molecular flexibility index (Phi) is 4.64. The lowest BCUT2D eigenvalue weighted by atomic mass is 10.2. The van der Waals surface area contributed by atoms with Crippen LogP contribution < -0.4 is 15.6 Å². The summed E-state index contributed by atoms with van der Waals surface area (Å²) in [6.45, 7) is 0. The maximum absolute atomic E-state index is 5.30. The minimum absolute atomic E-state index is 0.555. The lowest BCUT2D eigenvalue weighted by Gasteiger charge is -2.06. The average Bonchev–Trinajstić information content (AvgIpc) is 2.47. The summed E-state index contributed by atoms with van der Waals surface area (Å²) in [5.74, 6) is 0.869. The molecule has 19 heavy (non-hydrogen) atoms. The largest absolute Gasteiger partial charge is 0.313 e. The Balaban J connectivity index is 2.02. The fraction of sp³-hybridized carbons (Fsp3) is 0.0667. The number of benzene rings is 2. The molecule has 2 aromatic carbocycles. The maximum atomic E-state index is 5.30. The monoisotopic (exact) mass is 270 g/mol. The summed E-state index contributed by atoms with van der Waals surface area (Å²) in [5.41, 5.74) is 2.02. The van der Waals surface area contributed by atoms with Gasteiger partial charge in [-0.1, -0.05) is 36.4 Å². The van der Waals surface area contributed by atoms with E-state index in [2.05, 4.69) is 15.6 Å². The lowest BCUT2D eigenvalue weighted by molar-refractivity contribution is -0.421. The van der Waals surface area contributed by atoms with Gasteiger partial charge < -0.3 is 5.32 Å². The van der Waals surface area contributed by atoms with Crippen molar-refractivity contribution in [2.24, 2.45) is 0 Å². The van der Waals surface area contributed by atoms with E-state index < -0.39 is 0 Å². The standard InChI is InChI=1S/C15H15N3S/c1-16-14(12-8-4-2-5-9-12)18-15(19)17-13-10-6-3-7-11-13/h2-11H,1H3,(H2,16,17,18,19)/p+1. The van der Waals surface area contributed by atoms with Crippen molar-refractivity contribution in [3.63, 3.8) is 0 Å². The second-order valence-electron chi connectivity index (χ2n) is 3.94. The molecule has 0 aliphatic carbocycles. The first kappa shape index (κ1) is 13.2. The third-order valence-electron chi connectivity index (χ3n) is 2.58. The van der Waals surface area contributed by atoms with Gasteiger partial charge in [0.25, 0.3) is 10.9 Å². The number of thiocarbonyl (C=S) groups is 1. The van der Waals surface area contributed by atoms with Gasteiger partial charge in [0.2, 0.25) is 0 Å². The minimum atomic E-state index is 0.555. The van der Waals surface area contributed by atoms with E-state index in [1.807, 2.05) is 67.7 Å². The SMILES string of the molecule is C[NH+]=C(NC(=S)Nc1ccccc1)c1ccccc1. The molecule has 3 N–H and O–H groups in total. The maximum Gasteiger partial charge on any atom is 0.281 e. The average molecular weight is 270 g/mol. The molecule has 0 heterocycles. The topological polar surface area (TPSA) is 38.0 Å². The van der Waals surface area contributed by atoms with Crippen LogP contribution in [-0.4, -0.2) is 18.0 Å². The molecule has 0 bridgehead atoms. The Labute approximate surface area is 118 Å². The van der Waals surface area contributed by atoms with Gasteiger partial charge in [0.05, 0.1) is 12.6 Å². The summed E-state index contributed by atoms with van der Waals surface area (Å²) in [4.78, 5) is 3.11. The molecule has 0 saturated heterocycles. The summed E-state index contributed by atoms with van der Waals surface area (Å²) < 4.78 is 0. The molecule has 2 rings (SSSR count). The number of para-hydroxylation sites is 1. The molecule has 96 valence electrons. The van der Waals surface area contributed by atoms with Gasteiger partial charge in [-0.15, -0.1) is 0 Å². The van der Waals surface area contributed by atoms with E-state index in [0.717, 1.165) is 17.1 Å². The third kappa shape index (κ3) is 3.89. The zero-order valence-electron chi connectivity index (χ0n) is 10.7. The summed E-state index contributed by atoms with van der Waals surface area (Å²) >= 11 is 5.30. The number of nitrogens with one attached hydrogen (secondary N) is 3. The van der Waals surface area contributed by atoms with Crippen molar-refractivity contribution in [3.05, 3.63) is 66.2 Å². The smallest absolute Gasteiger partial charge is 0.281 e. The van der Waals surface area contributed by atoms with Crippen LogP contribution in [0, 0.1) is 0 Å². The van der Waals surface area contributed by atoms with Gasteiger partial charge in [-0.3, -0.25) is 4.99 Å². The molecule has 0 radical (unpaired) electrons. The summed E-state index contributed by atoms with van der Waals surface area (Å²) in [7, 11) is 1.86. The third-order valence-corrected chi connectivity index (χ3v) is 2.79. The van der Waals surface area contributed by atoms with Crippen LogP contribution in [0.25, 0.3) is 0 Å². The summed E-state index contributed by atoms with van der Waals surface area (Å²) in [5, 5.41) is 6.85. The molecule has 0 amide bonds. The van der Waals surface area contributed by atoms with Crippen LogP contribution in [0.5, 0.6) is 0 Å². The Hall–Kier alpha value is -2.20. The van der Waals surface area contributed by atoms with Gasteiger partial charge in [-0.05, 0) is 36.5 Å². The highest BCUT2D eigenvalue weighted by molar-refractivity contribution is 7.80. The Morgan fingerprint density at radius 1 is 0.947 bits per heavy atom. The zero-order chi connectivity index (χ0) is 13.5. The van der Waals surface area contributed by atoms with Crippen molar-refractivity contribution in [1.82, 2.24) is 5.32 Å². The number of hydrogen-bond donors (Lipinski definition) is 3. The van der Waals surface area contributed by atoms with Crippen molar-refractivity contribution in [1.29, 1.82) is 0 Å². The van der Waals surface area contributed by atoms with Crippen LogP contribution in [0.4, 0.5) is 5.69 Å². The summed E-state index contributed by atoms with van der Waals surface area (Å²) in [6.07, 6.45) is 0. The Bertz CT molecular complexity index is 564. The van der Waals surface area contributed by atoms with E-state index >= 15 is 0 Å². The van der Waals surface area contributed by atoms with E-state index in [9.17, 15) is 0 Å². The van der Waals surface area contributed by atoms with Crippen molar-refractivity contribution in [2.45, 2.75) is 0 Å². The normalized spacial score (nSPS) is 10.9. The van der Waals surface area contributed by atoms with Gasteiger partial charge in [0, 0.05) is 5.69 Å². The molecule has 0 aliphatic heterocycles. The van der Waals surface area contributed by atoms with Crippen LogP contribution in [-0.2, 0) is 0 Å². The van der Waals surface area contributed by atoms with Gasteiger partial charge in [-0.25, -0.2) is 5.32 Å². The summed E-state index contributed by atoms with van der Waals surface area (Å²) in [6, 6.07) is 19.8. The molecule has 4 heteroatoms. The second-order valence-corrected chi connectivity index (χ2v) is 4.34. The highest BCUT2D eigenvalue weighted by atomic mass is 32.1. The fourth-order valence-corrected chi connectivity index (χ4v) is 1.90. The number of amidine groups is 1. The van der Waals surface area contributed by atoms with Gasteiger partial charge in [0.1, 0.15) is 0 Å². The first-order valence-electron chi connectivity index (χ1n) is 6.03. The molecular weight excluding hydrogens is 254 g/mol. The predicted octanol–water partition coefficient (Wildman–Crippen LogP) is 1.13. The van der Waals surface area contributed by atoms with Gasteiger partial charge in [0.15, 0.2) is 0 Å². The second kappa shape index (κ2) is 6.66. The quantitative estimate of drug-likeness (QED) is 0.435. The number of rotatable bonds is 2. The molecule has 2 aromatic rings. The predicted molar refractivity (Wildman–Crippen MR) is 83.2 cm³/mol. The lowest BCUT2D eigenvalue weighted by Crippen LogP contribution is -2.72. The van der Waals surface area contributed by atoms with Crippen LogP contribution in [0.2, 0.25) is 0 Å². The number of anilines is 1. The first-order chi connectivity index (χ1) is 9.29. The fourth-order valence-electron chi connectivity index (χ4n) is 1.68. The molecule has 0 aromatic heterocycles. The van der Waals surface area contributed by atoms with Gasteiger partial charge >= 0.3 is 0 Å². The van der Waals surface area contributed by atoms with Crippen LogP contribution >= 0.6 is 12.2 Å². The van der Waals surface area contributed by atoms with Crippen LogP contribution in [0.15, 0.2) is 60.7 Å². The van der Waals surface area contributed by atoms with E-state index in [1.165, 1.54) is 0 Å². The van der Waals surface area contributed by atoms with E-state index in [1.54, 1.807) is 0 Å². The van der Waals surface area contributed by atoms with Crippen LogP contribution in [0.3, 0.4) is 0 Å². The van der Waals surface area contributed by atoms with Crippen molar-refractivity contribution in [3.8, 4) is 0 Å². The molecular formula is C15H16N3S+. The molecule has 0 fully saturated rings. The van der Waals surface area contributed by atoms with E-state index in [4.69, 9.17) is 12.2 Å². The first-order valence-corrected chi connectivity index (χ1v) is 6.43. The highest BCUT2D eigenvalue weighted by Gasteiger charge is 2.11. The highest BCUT2D eigenvalue weighted by Crippen LogP contribution is 2.04. The Morgan fingerprint density at radius 3 is 2.11 bits per heavy atom. The molecule has 0 unspecified atom stereocenters. The molecule has 0 aliphatic rings. The van der Waals surface area contributed by atoms with E-state index in [0.29, 0.717) is 5.11 Å². The van der Waals surface area contributed by atoms with Crippen molar-refractivity contribution < 1.29 is 4.99 Å². The molecule has 0 atom stereocenters. The van der Waals surface area contributed by atoms with Crippen molar-refractivity contribution >= 4 is 28.9 Å². The minimum Gasteiger partial charge on any atom is -0.313 e. The van der Waals surface area contributed by atoms with Crippen LogP contribution in [0.1, 0.15) is 5.56 Å². The Morgan fingerprint density at radius 2 is 1.53 bits per heavy atom. The molecule has 0 spiro atoms. The van der Waals surface area contributed by atoms with Crippen molar-refractivity contribution in [2.75, 3.05) is 12.4 Å². The molecule has 0 saturated carbocycles. The number of hydrogen-bond acceptors (Lipinski definition) is 1. The molecule has 3 nitrogen and oxygen atoms in total. The van der Waals surface area contributed by atoms with Gasteiger partial charge in [-0.2, -0.15) is 0 Å². The zero-order valence-corrected chi connectivity index (χ0v) is 11.5. The van der Waals surface area contributed by atoms with E-state index in [-0.39, 0.29) is 0 Å².